The van der Waals surface area contributed by atoms with Crippen molar-refractivity contribution in [3.05, 3.63) is 29.8 Å². The molecule has 1 atom stereocenters. The van der Waals surface area contributed by atoms with Crippen molar-refractivity contribution in [3.63, 3.8) is 0 Å². The molecule has 1 aliphatic carbocycles. The highest BCUT2D eigenvalue weighted by Gasteiger charge is 2.16. The lowest BCUT2D eigenvalue weighted by atomic mass is 9.95. The number of nitrogens with one attached hydrogen (secondary N) is 4. The van der Waals surface area contributed by atoms with Gasteiger partial charge < -0.3 is 21.3 Å². The van der Waals surface area contributed by atoms with E-state index >= 15 is 0 Å². The number of hydrogen-bond acceptors (Lipinski definition) is 3. The van der Waals surface area contributed by atoms with Gasteiger partial charge in [-0.1, -0.05) is 38.3 Å². The Morgan fingerprint density at radius 2 is 1.70 bits per heavy atom. The van der Waals surface area contributed by atoms with Crippen LogP contribution >= 0.6 is 0 Å². The van der Waals surface area contributed by atoms with Crippen LogP contribution in [-0.2, 0) is 9.59 Å². The quantitative estimate of drug-likeness (QED) is 0.590. The van der Waals surface area contributed by atoms with Crippen molar-refractivity contribution in [2.45, 2.75) is 64.5 Å². The molecule has 1 aromatic rings. The second kappa shape index (κ2) is 10.5. The Balaban J connectivity index is 1.72. The van der Waals surface area contributed by atoms with Crippen LogP contribution in [0, 0.1) is 0 Å². The summed E-state index contributed by atoms with van der Waals surface area (Å²) >= 11 is 0. The Kier molecular flexibility index (Phi) is 8.10. The average Bonchev–Trinajstić information content (AvgIpc) is 2.67. The van der Waals surface area contributed by atoms with E-state index in [9.17, 15) is 14.4 Å². The number of carbonyl (C=O) groups is 3. The van der Waals surface area contributed by atoms with Gasteiger partial charge in [0.05, 0.1) is 12.6 Å². The van der Waals surface area contributed by atoms with E-state index in [4.69, 9.17) is 0 Å². The molecule has 0 saturated heterocycles. The second-order valence-electron chi connectivity index (χ2n) is 6.97. The van der Waals surface area contributed by atoms with Gasteiger partial charge in [-0.3, -0.25) is 9.59 Å². The molecule has 1 saturated carbocycles. The highest BCUT2D eigenvalue weighted by atomic mass is 16.2. The van der Waals surface area contributed by atoms with E-state index in [0.29, 0.717) is 6.42 Å². The molecule has 0 aromatic heterocycles. The Bertz CT molecular complexity index is 639. The topological polar surface area (TPSA) is 99.3 Å². The van der Waals surface area contributed by atoms with E-state index in [1.807, 2.05) is 19.1 Å². The zero-order valence-corrected chi connectivity index (χ0v) is 16.1. The minimum absolute atomic E-state index is 0.0307. The summed E-state index contributed by atoms with van der Waals surface area (Å²) in [4.78, 5) is 35.3. The Labute approximate surface area is 160 Å². The molecule has 0 unspecified atom stereocenters. The van der Waals surface area contributed by atoms with Crippen molar-refractivity contribution in [1.82, 2.24) is 16.0 Å². The van der Waals surface area contributed by atoms with Gasteiger partial charge in [0.25, 0.3) is 0 Å². The van der Waals surface area contributed by atoms with Crippen LogP contribution in [0.2, 0.25) is 0 Å². The predicted octanol–water partition coefficient (Wildman–Crippen LogP) is 2.84. The lowest BCUT2D eigenvalue weighted by molar-refractivity contribution is -0.121. The third-order valence-electron chi connectivity index (χ3n) is 4.74. The maximum absolute atomic E-state index is 12.0. The molecule has 7 heteroatoms. The summed E-state index contributed by atoms with van der Waals surface area (Å²) in [7, 11) is 0. The smallest absolute Gasteiger partial charge is 0.315 e. The molecule has 0 bridgehead atoms. The first kappa shape index (κ1) is 20.7. The monoisotopic (exact) mass is 374 g/mol. The van der Waals surface area contributed by atoms with Gasteiger partial charge in [-0.25, -0.2) is 4.79 Å². The first-order valence-corrected chi connectivity index (χ1v) is 9.71. The van der Waals surface area contributed by atoms with Crippen molar-refractivity contribution < 1.29 is 14.4 Å². The zero-order chi connectivity index (χ0) is 19.6. The van der Waals surface area contributed by atoms with E-state index in [0.717, 1.165) is 36.9 Å². The summed E-state index contributed by atoms with van der Waals surface area (Å²) in [6.45, 7) is 3.63. The molecule has 0 radical (unpaired) electrons. The van der Waals surface area contributed by atoms with E-state index in [-0.39, 0.29) is 36.5 Å². The maximum Gasteiger partial charge on any atom is 0.315 e. The van der Waals surface area contributed by atoms with Crippen LogP contribution in [0.5, 0.6) is 0 Å². The number of benzene rings is 1. The second-order valence-corrected chi connectivity index (χ2v) is 6.97. The SMILES string of the molecule is CCC(=O)Nc1ccc([C@H](C)NC(=O)NCC(=O)NC2CCCCC2)cc1. The van der Waals surface area contributed by atoms with Crippen LogP contribution in [0.15, 0.2) is 24.3 Å². The Morgan fingerprint density at radius 3 is 2.33 bits per heavy atom. The van der Waals surface area contributed by atoms with E-state index < -0.39 is 0 Å². The van der Waals surface area contributed by atoms with Crippen LogP contribution in [0.25, 0.3) is 0 Å². The molecule has 4 N–H and O–H groups in total. The van der Waals surface area contributed by atoms with Gasteiger partial charge in [-0.2, -0.15) is 0 Å². The summed E-state index contributed by atoms with van der Waals surface area (Å²) in [5.41, 5.74) is 1.63. The van der Waals surface area contributed by atoms with Crippen molar-refractivity contribution in [2.24, 2.45) is 0 Å². The van der Waals surface area contributed by atoms with Crippen LogP contribution in [0.3, 0.4) is 0 Å². The molecule has 1 aromatic carbocycles. The number of urea groups is 1. The molecular weight excluding hydrogens is 344 g/mol. The molecule has 1 aliphatic rings. The zero-order valence-electron chi connectivity index (χ0n) is 16.1. The minimum Gasteiger partial charge on any atom is -0.352 e. The van der Waals surface area contributed by atoms with Gasteiger partial charge in [0.2, 0.25) is 11.8 Å². The molecular formula is C20H30N4O3. The summed E-state index contributed by atoms with van der Waals surface area (Å²) in [5, 5.41) is 11.2. The van der Waals surface area contributed by atoms with Crippen molar-refractivity contribution in [1.29, 1.82) is 0 Å². The molecule has 1 fully saturated rings. The number of hydrogen-bond donors (Lipinski definition) is 4. The van der Waals surface area contributed by atoms with Gasteiger partial charge in [0, 0.05) is 18.2 Å². The van der Waals surface area contributed by atoms with Crippen molar-refractivity contribution >= 4 is 23.5 Å². The highest BCUT2D eigenvalue weighted by Crippen LogP contribution is 2.17. The van der Waals surface area contributed by atoms with Crippen LogP contribution in [0.1, 0.15) is 64.0 Å². The lowest BCUT2D eigenvalue weighted by Crippen LogP contribution is -2.45. The molecule has 0 spiro atoms. The summed E-state index contributed by atoms with van der Waals surface area (Å²) in [5.74, 6) is -0.194. The summed E-state index contributed by atoms with van der Waals surface area (Å²) in [6, 6.07) is 6.94. The third kappa shape index (κ3) is 7.29. The maximum atomic E-state index is 12.0. The predicted molar refractivity (Wildman–Crippen MR) is 105 cm³/mol. The van der Waals surface area contributed by atoms with Crippen molar-refractivity contribution in [3.8, 4) is 0 Å². The Hall–Kier alpha value is -2.57. The Morgan fingerprint density at radius 1 is 1.04 bits per heavy atom. The van der Waals surface area contributed by atoms with E-state index in [2.05, 4.69) is 21.3 Å². The van der Waals surface area contributed by atoms with E-state index in [1.165, 1.54) is 6.42 Å². The van der Waals surface area contributed by atoms with Gasteiger partial charge >= 0.3 is 6.03 Å². The number of rotatable bonds is 7. The molecule has 2 rings (SSSR count). The summed E-state index contributed by atoms with van der Waals surface area (Å²) in [6.07, 6.45) is 5.99. The normalized spacial score (nSPS) is 15.5. The van der Waals surface area contributed by atoms with E-state index in [1.54, 1.807) is 19.1 Å². The first-order valence-electron chi connectivity index (χ1n) is 9.71. The van der Waals surface area contributed by atoms with Gasteiger partial charge in [0.15, 0.2) is 0 Å². The van der Waals surface area contributed by atoms with Crippen LogP contribution < -0.4 is 21.3 Å². The number of anilines is 1. The standard InChI is InChI=1S/C20H30N4O3/c1-3-18(25)23-17-11-9-15(10-12-17)14(2)22-20(27)21-13-19(26)24-16-7-5-4-6-8-16/h9-12,14,16H,3-8,13H2,1-2H3,(H,23,25)(H,24,26)(H2,21,22,27)/t14-/m0/s1. The van der Waals surface area contributed by atoms with Gasteiger partial charge in [-0.15, -0.1) is 0 Å². The fraction of sp³-hybridized carbons (Fsp3) is 0.550. The van der Waals surface area contributed by atoms with Crippen molar-refractivity contribution in [2.75, 3.05) is 11.9 Å². The fourth-order valence-corrected chi connectivity index (χ4v) is 3.12. The molecule has 27 heavy (non-hydrogen) atoms. The largest absolute Gasteiger partial charge is 0.352 e. The highest BCUT2D eigenvalue weighted by molar-refractivity contribution is 5.90. The lowest BCUT2D eigenvalue weighted by Gasteiger charge is -2.23. The molecule has 7 nitrogen and oxygen atoms in total. The molecule has 0 aliphatic heterocycles. The van der Waals surface area contributed by atoms with Gasteiger partial charge in [-0.05, 0) is 37.5 Å². The van der Waals surface area contributed by atoms with Gasteiger partial charge in [0.1, 0.15) is 0 Å². The molecule has 148 valence electrons. The fourth-order valence-electron chi connectivity index (χ4n) is 3.12. The molecule has 0 heterocycles. The molecule has 4 amide bonds. The van der Waals surface area contributed by atoms with Crippen LogP contribution in [-0.4, -0.2) is 30.4 Å². The first-order chi connectivity index (χ1) is 13.0. The van der Waals surface area contributed by atoms with Crippen LogP contribution in [0.4, 0.5) is 10.5 Å². The average molecular weight is 374 g/mol. The minimum atomic E-state index is -0.385. The summed E-state index contributed by atoms with van der Waals surface area (Å²) < 4.78 is 0. The number of amides is 4. The number of carbonyl (C=O) groups excluding carboxylic acids is 3. The third-order valence-corrected chi connectivity index (χ3v) is 4.74.